The molecule has 144 valence electrons. The quantitative estimate of drug-likeness (QED) is 0.730. The molecule has 0 atom stereocenters. The average molecular weight is 388 g/mol. The first kappa shape index (κ1) is 19.3. The Morgan fingerprint density at radius 2 is 1.89 bits per heavy atom. The topological polar surface area (TPSA) is 76.9 Å². The maximum Gasteiger partial charge on any atom is 0.416 e. The van der Waals surface area contributed by atoms with Gasteiger partial charge in [0.05, 0.1) is 17.5 Å². The van der Waals surface area contributed by atoms with Crippen LogP contribution in [-0.2, 0) is 6.18 Å². The summed E-state index contributed by atoms with van der Waals surface area (Å²) in [5.41, 5.74) is 0.699. The Labute approximate surface area is 158 Å². The van der Waals surface area contributed by atoms with Gasteiger partial charge in [-0.1, -0.05) is 12.1 Å². The summed E-state index contributed by atoms with van der Waals surface area (Å²) in [6, 6.07) is 7.68. The van der Waals surface area contributed by atoms with Gasteiger partial charge in [0.1, 0.15) is 5.69 Å². The van der Waals surface area contributed by atoms with Gasteiger partial charge in [-0.2, -0.15) is 18.3 Å². The molecule has 6 nitrogen and oxygen atoms in total. The molecule has 2 aromatic heterocycles. The van der Waals surface area contributed by atoms with Crippen LogP contribution in [0.1, 0.15) is 33.3 Å². The van der Waals surface area contributed by atoms with E-state index in [-0.39, 0.29) is 17.3 Å². The van der Waals surface area contributed by atoms with Crippen molar-refractivity contribution in [1.29, 1.82) is 0 Å². The third kappa shape index (κ3) is 4.08. The molecule has 1 N–H and O–H groups in total. The van der Waals surface area contributed by atoms with Gasteiger partial charge in [0.2, 0.25) is 5.91 Å². The number of amides is 1. The molecule has 0 aliphatic carbocycles. The number of carbonyl (C=O) groups is 2. The summed E-state index contributed by atoms with van der Waals surface area (Å²) in [6.45, 7) is 3.02. The van der Waals surface area contributed by atoms with Crippen molar-refractivity contribution in [3.05, 3.63) is 65.6 Å². The summed E-state index contributed by atoms with van der Waals surface area (Å²) in [5, 5.41) is 6.35. The van der Waals surface area contributed by atoms with Crippen molar-refractivity contribution in [2.24, 2.45) is 0 Å². The van der Waals surface area contributed by atoms with Crippen molar-refractivity contribution in [2.75, 3.05) is 5.32 Å². The fraction of sp³-hybridized carbons (Fsp3) is 0.158. The number of hydrogen-bond donors (Lipinski definition) is 1. The van der Waals surface area contributed by atoms with E-state index in [2.05, 4.69) is 15.4 Å². The second-order valence-corrected chi connectivity index (χ2v) is 6.09. The first-order valence-corrected chi connectivity index (χ1v) is 8.17. The highest BCUT2D eigenvalue weighted by atomic mass is 19.4. The van der Waals surface area contributed by atoms with E-state index >= 15 is 0 Å². The van der Waals surface area contributed by atoms with Crippen molar-refractivity contribution in [2.45, 2.75) is 20.0 Å². The summed E-state index contributed by atoms with van der Waals surface area (Å²) in [4.78, 5) is 28.2. The highest BCUT2D eigenvalue weighted by Gasteiger charge is 2.30. The number of nitrogens with one attached hydrogen (secondary N) is 1. The third-order valence-corrected chi connectivity index (χ3v) is 3.96. The SMILES string of the molecule is CC(=O)n1cc(-c2ccc(C)c(C(=O)Nc3cccc(C(F)(F)F)c3)n2)cn1. The van der Waals surface area contributed by atoms with Gasteiger partial charge in [-0.25, -0.2) is 9.67 Å². The Bertz CT molecular complexity index is 1060. The van der Waals surface area contributed by atoms with Crippen LogP contribution in [0.3, 0.4) is 0 Å². The smallest absolute Gasteiger partial charge is 0.321 e. The average Bonchev–Trinajstić information content (AvgIpc) is 3.12. The first-order valence-electron chi connectivity index (χ1n) is 8.17. The maximum absolute atomic E-state index is 12.8. The normalized spacial score (nSPS) is 11.3. The van der Waals surface area contributed by atoms with Crippen LogP contribution in [0.5, 0.6) is 0 Å². The monoisotopic (exact) mass is 388 g/mol. The number of aromatic nitrogens is 3. The van der Waals surface area contributed by atoms with E-state index < -0.39 is 17.6 Å². The Kier molecular flexibility index (Phi) is 5.00. The number of alkyl halides is 3. The molecule has 3 rings (SSSR count). The van der Waals surface area contributed by atoms with Crippen molar-refractivity contribution in [3.63, 3.8) is 0 Å². The number of aryl methyl sites for hydroxylation is 1. The zero-order valence-electron chi connectivity index (χ0n) is 14.9. The molecule has 3 aromatic rings. The lowest BCUT2D eigenvalue weighted by molar-refractivity contribution is -0.137. The van der Waals surface area contributed by atoms with Crippen molar-refractivity contribution in [3.8, 4) is 11.3 Å². The van der Waals surface area contributed by atoms with E-state index in [4.69, 9.17) is 0 Å². The van der Waals surface area contributed by atoms with Crippen LogP contribution in [0.2, 0.25) is 0 Å². The molecule has 2 heterocycles. The Hall–Kier alpha value is -3.49. The number of hydrogen-bond acceptors (Lipinski definition) is 4. The molecule has 0 aliphatic heterocycles. The number of carbonyl (C=O) groups excluding carboxylic acids is 2. The highest BCUT2D eigenvalue weighted by Crippen LogP contribution is 2.30. The van der Waals surface area contributed by atoms with Gasteiger partial charge in [-0.05, 0) is 36.8 Å². The highest BCUT2D eigenvalue weighted by molar-refractivity contribution is 6.04. The molecule has 0 bridgehead atoms. The number of halogens is 3. The summed E-state index contributed by atoms with van der Waals surface area (Å²) < 4.78 is 39.6. The minimum Gasteiger partial charge on any atom is -0.321 e. The lowest BCUT2D eigenvalue weighted by atomic mass is 10.1. The zero-order valence-corrected chi connectivity index (χ0v) is 14.9. The molecule has 0 aliphatic rings. The van der Waals surface area contributed by atoms with Crippen LogP contribution in [-0.4, -0.2) is 26.6 Å². The van der Waals surface area contributed by atoms with Crippen molar-refractivity contribution >= 4 is 17.5 Å². The van der Waals surface area contributed by atoms with Crippen LogP contribution < -0.4 is 5.32 Å². The second-order valence-electron chi connectivity index (χ2n) is 6.09. The van der Waals surface area contributed by atoms with Crippen LogP contribution >= 0.6 is 0 Å². The van der Waals surface area contributed by atoms with Crippen molar-refractivity contribution < 1.29 is 22.8 Å². The molecule has 0 saturated carbocycles. The lowest BCUT2D eigenvalue weighted by Crippen LogP contribution is -2.16. The maximum atomic E-state index is 12.8. The largest absolute Gasteiger partial charge is 0.416 e. The fourth-order valence-electron chi connectivity index (χ4n) is 2.51. The number of nitrogens with zero attached hydrogens (tertiary/aromatic N) is 3. The molecule has 0 spiro atoms. The van der Waals surface area contributed by atoms with Crippen LogP contribution in [0.15, 0.2) is 48.8 Å². The van der Waals surface area contributed by atoms with Gasteiger partial charge in [-0.3, -0.25) is 9.59 Å². The first-order chi connectivity index (χ1) is 13.1. The summed E-state index contributed by atoms with van der Waals surface area (Å²) in [5.74, 6) is -0.918. The molecule has 0 unspecified atom stereocenters. The van der Waals surface area contributed by atoms with E-state index in [1.54, 1.807) is 19.1 Å². The zero-order chi connectivity index (χ0) is 20.5. The minimum atomic E-state index is -4.51. The summed E-state index contributed by atoms with van der Waals surface area (Å²) in [6.07, 6.45) is -1.59. The minimum absolute atomic E-state index is 0.0100. The molecule has 9 heteroatoms. The standard InChI is InChI=1S/C19H15F3N4O2/c1-11-6-7-16(13-9-23-26(10-13)12(2)27)25-17(11)18(28)24-15-5-3-4-14(8-15)19(20,21)22/h3-10H,1-2H3,(H,24,28). The van der Waals surface area contributed by atoms with Gasteiger partial charge in [0.25, 0.3) is 5.91 Å². The molecular formula is C19H15F3N4O2. The molecule has 0 fully saturated rings. The van der Waals surface area contributed by atoms with Gasteiger partial charge in [0.15, 0.2) is 0 Å². The predicted molar refractivity (Wildman–Crippen MR) is 95.9 cm³/mol. The number of rotatable bonds is 3. The number of anilines is 1. The molecule has 0 saturated heterocycles. The van der Waals surface area contributed by atoms with Gasteiger partial charge in [-0.15, -0.1) is 0 Å². The van der Waals surface area contributed by atoms with Gasteiger partial charge < -0.3 is 5.32 Å². The second kappa shape index (κ2) is 7.26. The summed E-state index contributed by atoms with van der Waals surface area (Å²) in [7, 11) is 0. The van der Waals surface area contributed by atoms with Crippen LogP contribution in [0.4, 0.5) is 18.9 Å². The van der Waals surface area contributed by atoms with E-state index in [0.29, 0.717) is 16.8 Å². The van der Waals surface area contributed by atoms with E-state index in [0.717, 1.165) is 16.8 Å². The third-order valence-electron chi connectivity index (χ3n) is 3.96. The Morgan fingerprint density at radius 1 is 1.14 bits per heavy atom. The van der Waals surface area contributed by atoms with E-state index in [9.17, 15) is 22.8 Å². The predicted octanol–water partition coefficient (Wildman–Crippen LogP) is 4.18. The molecule has 0 radical (unpaired) electrons. The van der Waals surface area contributed by atoms with Crippen molar-refractivity contribution in [1.82, 2.24) is 14.8 Å². The van der Waals surface area contributed by atoms with Crippen LogP contribution in [0, 0.1) is 6.92 Å². The number of pyridine rings is 1. The lowest BCUT2D eigenvalue weighted by Gasteiger charge is -2.11. The fourth-order valence-corrected chi connectivity index (χ4v) is 2.51. The summed E-state index contributed by atoms with van der Waals surface area (Å²) >= 11 is 0. The molecular weight excluding hydrogens is 373 g/mol. The van der Waals surface area contributed by atoms with Gasteiger partial charge >= 0.3 is 6.18 Å². The van der Waals surface area contributed by atoms with Crippen LogP contribution in [0.25, 0.3) is 11.3 Å². The molecule has 1 aromatic carbocycles. The molecule has 1 amide bonds. The number of benzene rings is 1. The Morgan fingerprint density at radius 3 is 2.54 bits per heavy atom. The molecule has 28 heavy (non-hydrogen) atoms. The Balaban J connectivity index is 1.88. The van der Waals surface area contributed by atoms with Gasteiger partial charge in [0, 0.05) is 24.4 Å². The van der Waals surface area contributed by atoms with E-state index in [1.807, 2.05) is 0 Å². The van der Waals surface area contributed by atoms with E-state index in [1.165, 1.54) is 31.5 Å².